The number of nitrogens with one attached hydrogen (secondary N) is 1. The van der Waals surface area contributed by atoms with Gasteiger partial charge in [-0.15, -0.1) is 0 Å². The number of benzene rings is 3. The molecule has 6 nitrogen and oxygen atoms in total. The fourth-order valence-corrected chi connectivity index (χ4v) is 5.55. The lowest BCUT2D eigenvalue weighted by Gasteiger charge is -2.20. The van der Waals surface area contributed by atoms with Gasteiger partial charge >= 0.3 is 0 Å². The first-order valence-corrected chi connectivity index (χ1v) is 12.1. The van der Waals surface area contributed by atoms with Gasteiger partial charge in [0.15, 0.2) is 6.61 Å². The predicted molar refractivity (Wildman–Crippen MR) is 127 cm³/mol. The van der Waals surface area contributed by atoms with Crippen molar-refractivity contribution in [3.8, 4) is 5.75 Å². The Labute approximate surface area is 200 Å². The van der Waals surface area contributed by atoms with E-state index < -0.39 is 15.9 Å². The summed E-state index contributed by atoms with van der Waals surface area (Å²) >= 11 is 18.2. The van der Waals surface area contributed by atoms with Crippen LogP contribution >= 0.6 is 34.8 Å². The Balaban J connectivity index is 1.46. The van der Waals surface area contributed by atoms with E-state index in [-0.39, 0.29) is 27.3 Å². The van der Waals surface area contributed by atoms with E-state index in [2.05, 4.69) is 5.32 Å². The fraction of sp³-hybridized carbons (Fsp3) is 0.136. The second kappa shape index (κ2) is 9.19. The summed E-state index contributed by atoms with van der Waals surface area (Å²) in [5, 5.41) is 3.20. The van der Waals surface area contributed by atoms with Gasteiger partial charge in [-0.1, -0.05) is 59.1 Å². The lowest BCUT2D eigenvalue weighted by molar-refractivity contribution is -0.118. The first-order chi connectivity index (χ1) is 15.3. The summed E-state index contributed by atoms with van der Waals surface area (Å²) in [4.78, 5) is 12.2. The van der Waals surface area contributed by atoms with E-state index in [0.29, 0.717) is 29.4 Å². The highest BCUT2D eigenvalue weighted by Crippen LogP contribution is 2.35. The number of anilines is 2. The summed E-state index contributed by atoms with van der Waals surface area (Å²) in [6.07, 6.45) is 0.649. The van der Waals surface area contributed by atoms with E-state index in [1.807, 2.05) is 12.1 Å². The van der Waals surface area contributed by atoms with Crippen molar-refractivity contribution in [1.82, 2.24) is 0 Å². The maximum atomic E-state index is 13.1. The minimum Gasteiger partial charge on any atom is -0.482 e. The summed E-state index contributed by atoms with van der Waals surface area (Å²) in [7, 11) is -3.79. The van der Waals surface area contributed by atoms with Crippen molar-refractivity contribution in [2.24, 2.45) is 0 Å². The second-order valence-electron chi connectivity index (χ2n) is 6.99. The SMILES string of the molecule is O=C(COc1ccc(S(=O)(=O)N2CCc3ccccc32)cc1Cl)Nc1cccc(Cl)c1Cl. The molecule has 0 bridgehead atoms. The molecule has 0 atom stereocenters. The lowest BCUT2D eigenvalue weighted by atomic mass is 10.2. The van der Waals surface area contributed by atoms with Crippen LogP contribution in [0.5, 0.6) is 5.75 Å². The van der Waals surface area contributed by atoms with E-state index in [4.69, 9.17) is 39.5 Å². The van der Waals surface area contributed by atoms with Gasteiger partial charge in [-0.25, -0.2) is 8.42 Å². The van der Waals surface area contributed by atoms with Gasteiger partial charge in [-0.3, -0.25) is 9.10 Å². The molecule has 4 rings (SSSR count). The zero-order valence-electron chi connectivity index (χ0n) is 16.5. The van der Waals surface area contributed by atoms with E-state index in [0.717, 1.165) is 5.56 Å². The normalized spacial score (nSPS) is 13.0. The van der Waals surface area contributed by atoms with Crippen LogP contribution in [-0.2, 0) is 21.2 Å². The molecule has 3 aromatic rings. The van der Waals surface area contributed by atoms with Crippen LogP contribution in [0.3, 0.4) is 0 Å². The third-order valence-electron chi connectivity index (χ3n) is 4.92. The number of hydrogen-bond donors (Lipinski definition) is 1. The van der Waals surface area contributed by atoms with E-state index in [1.165, 1.54) is 22.5 Å². The van der Waals surface area contributed by atoms with Gasteiger partial charge in [0.05, 0.1) is 31.3 Å². The quantitative estimate of drug-likeness (QED) is 0.480. The average Bonchev–Trinajstić information content (AvgIpc) is 3.21. The molecule has 166 valence electrons. The van der Waals surface area contributed by atoms with E-state index in [9.17, 15) is 13.2 Å². The number of halogens is 3. The highest BCUT2D eigenvalue weighted by atomic mass is 35.5. The highest BCUT2D eigenvalue weighted by Gasteiger charge is 2.31. The van der Waals surface area contributed by atoms with Crippen LogP contribution in [0.1, 0.15) is 5.56 Å². The molecule has 32 heavy (non-hydrogen) atoms. The van der Waals surface area contributed by atoms with Gasteiger partial charge in [-0.05, 0) is 48.4 Å². The molecule has 0 aliphatic carbocycles. The monoisotopic (exact) mass is 510 g/mol. The summed E-state index contributed by atoms with van der Waals surface area (Å²) in [5.74, 6) is -0.296. The van der Waals surface area contributed by atoms with E-state index in [1.54, 1.807) is 30.3 Å². The van der Waals surface area contributed by atoms with Crippen molar-refractivity contribution in [1.29, 1.82) is 0 Å². The maximum Gasteiger partial charge on any atom is 0.264 e. The fourth-order valence-electron chi connectivity index (χ4n) is 3.37. The smallest absolute Gasteiger partial charge is 0.264 e. The third-order valence-corrected chi connectivity index (χ3v) is 7.84. The Hall–Kier alpha value is -2.45. The Bertz CT molecular complexity index is 1300. The minimum absolute atomic E-state index is 0.0433. The summed E-state index contributed by atoms with van der Waals surface area (Å²) < 4.78 is 33.1. The highest BCUT2D eigenvalue weighted by molar-refractivity contribution is 7.92. The number of ether oxygens (including phenoxy) is 1. The van der Waals surface area contributed by atoms with Crippen molar-refractivity contribution < 1.29 is 17.9 Å². The van der Waals surface area contributed by atoms with Gasteiger partial charge in [-0.2, -0.15) is 0 Å². The molecule has 0 unspecified atom stereocenters. The number of hydrogen-bond acceptors (Lipinski definition) is 4. The molecule has 1 N–H and O–H groups in total. The third kappa shape index (κ3) is 4.52. The summed E-state index contributed by atoms with van der Waals surface area (Å²) in [6, 6.07) is 16.4. The molecular weight excluding hydrogens is 495 g/mol. The first-order valence-electron chi connectivity index (χ1n) is 9.54. The van der Waals surface area contributed by atoms with Gasteiger partial charge < -0.3 is 10.1 Å². The Morgan fingerprint density at radius 1 is 1.00 bits per heavy atom. The Kier molecular flexibility index (Phi) is 6.53. The van der Waals surface area contributed by atoms with Crippen LogP contribution in [0.2, 0.25) is 15.1 Å². The number of nitrogens with zero attached hydrogens (tertiary/aromatic N) is 1. The summed E-state index contributed by atoms with van der Waals surface area (Å²) in [6.45, 7) is 0.0118. The topological polar surface area (TPSA) is 75.7 Å². The van der Waals surface area contributed by atoms with E-state index >= 15 is 0 Å². The van der Waals surface area contributed by atoms with Crippen LogP contribution in [0, 0.1) is 0 Å². The van der Waals surface area contributed by atoms with Gasteiger partial charge in [0.2, 0.25) is 0 Å². The van der Waals surface area contributed by atoms with Crippen LogP contribution < -0.4 is 14.4 Å². The van der Waals surface area contributed by atoms with Crippen molar-refractivity contribution in [3.63, 3.8) is 0 Å². The van der Waals surface area contributed by atoms with Crippen molar-refractivity contribution in [3.05, 3.63) is 81.3 Å². The molecule has 1 heterocycles. The minimum atomic E-state index is -3.79. The molecule has 1 aliphatic heterocycles. The van der Waals surface area contributed by atoms with Gasteiger partial charge in [0, 0.05) is 6.54 Å². The van der Waals surface area contributed by atoms with Gasteiger partial charge in [0.25, 0.3) is 15.9 Å². The molecular formula is C22H17Cl3N2O4S. The second-order valence-corrected chi connectivity index (χ2v) is 10.0. The zero-order chi connectivity index (χ0) is 22.9. The molecule has 0 aromatic heterocycles. The number of fused-ring (bicyclic) bond motifs is 1. The number of carbonyl (C=O) groups excluding carboxylic acids is 1. The molecule has 1 aliphatic rings. The number of amides is 1. The number of sulfonamides is 1. The van der Waals surface area contributed by atoms with Crippen molar-refractivity contribution >= 4 is 62.1 Å². The molecule has 3 aromatic carbocycles. The number of rotatable bonds is 6. The van der Waals surface area contributed by atoms with Gasteiger partial charge in [0.1, 0.15) is 5.75 Å². The number of para-hydroxylation sites is 1. The van der Waals surface area contributed by atoms with Crippen molar-refractivity contribution in [2.45, 2.75) is 11.3 Å². The van der Waals surface area contributed by atoms with Crippen molar-refractivity contribution in [2.75, 3.05) is 22.8 Å². The van der Waals surface area contributed by atoms with Crippen LogP contribution in [-0.4, -0.2) is 27.5 Å². The molecule has 0 saturated carbocycles. The van der Waals surface area contributed by atoms with Crippen LogP contribution in [0.15, 0.2) is 65.6 Å². The first kappa shape index (κ1) is 22.7. The summed E-state index contributed by atoms with van der Waals surface area (Å²) in [5.41, 5.74) is 2.00. The Morgan fingerprint density at radius 3 is 2.56 bits per heavy atom. The molecule has 0 saturated heterocycles. The molecule has 10 heteroatoms. The zero-order valence-corrected chi connectivity index (χ0v) is 19.6. The standard InChI is InChI=1S/C22H17Cl3N2O4S/c23-16-5-3-6-18(22(16)25)26-21(28)13-31-20-9-8-15(12-17(20)24)32(29,30)27-11-10-14-4-1-2-7-19(14)27/h1-9,12H,10-11,13H2,(H,26,28). The molecule has 0 radical (unpaired) electrons. The van der Waals surface area contributed by atoms with Crippen LogP contribution in [0.25, 0.3) is 0 Å². The maximum absolute atomic E-state index is 13.1. The molecule has 0 fully saturated rings. The largest absolute Gasteiger partial charge is 0.482 e. The lowest BCUT2D eigenvalue weighted by Crippen LogP contribution is -2.29. The number of carbonyl (C=O) groups is 1. The molecule has 1 amide bonds. The average molecular weight is 512 g/mol. The Morgan fingerprint density at radius 2 is 1.78 bits per heavy atom. The predicted octanol–water partition coefficient (Wildman–Crippen LogP) is 5.42. The van der Waals surface area contributed by atoms with Crippen LogP contribution in [0.4, 0.5) is 11.4 Å². The molecule has 0 spiro atoms.